The zero-order valence-electron chi connectivity index (χ0n) is 20.6. The van der Waals surface area contributed by atoms with Crippen molar-refractivity contribution >= 4 is 16.7 Å². The number of hydrogen-bond donors (Lipinski definition) is 2. The number of nitrogen functional groups attached to an aromatic ring is 1. The molecule has 9 nitrogen and oxygen atoms in total. The van der Waals surface area contributed by atoms with E-state index in [9.17, 15) is 5.11 Å². The number of aryl methyl sites for hydroxylation is 1. The van der Waals surface area contributed by atoms with Crippen molar-refractivity contribution in [1.82, 2.24) is 24.6 Å². The largest absolute Gasteiger partial charge is 0.489 e. The van der Waals surface area contributed by atoms with Gasteiger partial charge in [-0.1, -0.05) is 11.1 Å². The first-order valence-electron chi connectivity index (χ1n) is 11.9. The van der Waals surface area contributed by atoms with Crippen LogP contribution in [0.4, 0.5) is 5.69 Å². The van der Waals surface area contributed by atoms with Crippen LogP contribution in [0.3, 0.4) is 0 Å². The third-order valence-electron chi connectivity index (χ3n) is 6.10. The lowest BCUT2D eigenvalue weighted by Crippen LogP contribution is -2.41. The van der Waals surface area contributed by atoms with Crippen LogP contribution >= 0.6 is 0 Å². The van der Waals surface area contributed by atoms with Crippen molar-refractivity contribution in [3.8, 4) is 29.1 Å². The topological polar surface area (TPSA) is 115 Å². The fourth-order valence-corrected chi connectivity index (χ4v) is 4.34. The highest BCUT2D eigenvalue weighted by molar-refractivity contribution is 5.89. The summed E-state index contributed by atoms with van der Waals surface area (Å²) in [7, 11) is 0. The molecule has 3 aromatic heterocycles. The minimum atomic E-state index is -1.15. The van der Waals surface area contributed by atoms with Gasteiger partial charge >= 0.3 is 0 Å². The van der Waals surface area contributed by atoms with Crippen LogP contribution in [0.25, 0.3) is 22.6 Å². The van der Waals surface area contributed by atoms with Crippen LogP contribution < -0.4 is 10.5 Å². The van der Waals surface area contributed by atoms with Crippen LogP contribution in [0, 0.1) is 17.8 Å². The van der Waals surface area contributed by atoms with E-state index in [1.165, 1.54) is 12.7 Å². The second-order valence-electron chi connectivity index (χ2n) is 9.68. The van der Waals surface area contributed by atoms with Gasteiger partial charge in [0.1, 0.15) is 34.3 Å². The number of ether oxygens (including phenoxy) is 1. The predicted molar refractivity (Wildman–Crippen MR) is 131 cm³/mol. The Kier molecular flexibility index (Phi) is 6.82. The summed E-state index contributed by atoms with van der Waals surface area (Å²) in [5.74, 6) is 7.47. The number of nitrogens with zero attached hydrogens (tertiary/aromatic N) is 5. The first kappa shape index (κ1) is 24.0. The lowest BCUT2D eigenvalue weighted by Gasteiger charge is -2.35. The van der Waals surface area contributed by atoms with E-state index in [-0.39, 0.29) is 0 Å². The number of likely N-dealkylation sites (tertiary alicyclic amines) is 1. The van der Waals surface area contributed by atoms with Crippen LogP contribution in [0.5, 0.6) is 5.75 Å². The number of imidazole rings is 1. The monoisotopic (exact) mass is 466 g/mol. The first-order chi connectivity index (χ1) is 16.2. The molecule has 4 rings (SSSR count). The van der Waals surface area contributed by atoms with E-state index in [0.29, 0.717) is 59.3 Å². The van der Waals surface area contributed by atoms with Crippen molar-refractivity contribution in [2.75, 3.05) is 25.4 Å². The number of rotatable bonds is 6. The minimum absolute atomic E-state index is 0.403. The van der Waals surface area contributed by atoms with E-state index >= 15 is 0 Å². The summed E-state index contributed by atoms with van der Waals surface area (Å²) in [6.07, 6.45) is 5.41. The molecule has 1 fully saturated rings. The molecule has 1 aliphatic rings. The van der Waals surface area contributed by atoms with Crippen molar-refractivity contribution in [1.29, 1.82) is 0 Å². The van der Waals surface area contributed by atoms with E-state index in [2.05, 4.69) is 40.7 Å². The Hall–Kier alpha value is -3.09. The molecule has 0 bridgehead atoms. The summed E-state index contributed by atoms with van der Waals surface area (Å²) in [5, 5.41) is 14.1. The molecule has 0 spiro atoms. The maximum atomic E-state index is 10.1. The molecule has 0 aliphatic carbocycles. The van der Waals surface area contributed by atoms with Crippen LogP contribution in [0.15, 0.2) is 17.0 Å². The molecule has 1 aliphatic heterocycles. The fraction of sp³-hybridized carbons (Fsp3) is 0.560. The Morgan fingerprint density at radius 1 is 1.38 bits per heavy atom. The van der Waals surface area contributed by atoms with Gasteiger partial charge in [-0.05, 0) is 59.9 Å². The quantitative estimate of drug-likeness (QED) is 0.532. The Labute approximate surface area is 200 Å². The average Bonchev–Trinajstić information content (AvgIpc) is 3.39. The van der Waals surface area contributed by atoms with Crippen LogP contribution in [0.1, 0.15) is 53.2 Å². The van der Waals surface area contributed by atoms with Crippen molar-refractivity contribution in [2.45, 2.75) is 65.6 Å². The Morgan fingerprint density at radius 2 is 2.18 bits per heavy atom. The van der Waals surface area contributed by atoms with E-state index in [1.54, 1.807) is 20.0 Å². The number of nitrogens with two attached hydrogens (primary N) is 1. The summed E-state index contributed by atoms with van der Waals surface area (Å²) < 4.78 is 13.4. The molecular weight excluding hydrogens is 432 g/mol. The molecule has 0 aromatic carbocycles. The number of hydrogen-bond acceptors (Lipinski definition) is 8. The summed E-state index contributed by atoms with van der Waals surface area (Å²) in [4.78, 5) is 11.8. The summed E-state index contributed by atoms with van der Waals surface area (Å²) in [5.41, 5.74) is 7.62. The van der Waals surface area contributed by atoms with Gasteiger partial charge in [-0.3, -0.25) is 0 Å². The number of anilines is 1. The van der Waals surface area contributed by atoms with Crippen LogP contribution in [0.2, 0.25) is 0 Å². The molecule has 34 heavy (non-hydrogen) atoms. The molecule has 4 heterocycles. The number of piperidine rings is 1. The first-order valence-corrected chi connectivity index (χ1v) is 11.9. The molecule has 3 aromatic rings. The second kappa shape index (κ2) is 9.65. The number of aliphatic hydroxyl groups is 1. The van der Waals surface area contributed by atoms with Gasteiger partial charge in [0.05, 0.1) is 12.8 Å². The van der Waals surface area contributed by atoms with Crippen molar-refractivity contribution in [3.63, 3.8) is 0 Å². The van der Waals surface area contributed by atoms with Gasteiger partial charge in [0.25, 0.3) is 0 Å². The molecule has 9 heteroatoms. The Morgan fingerprint density at radius 3 is 2.82 bits per heavy atom. The van der Waals surface area contributed by atoms with Gasteiger partial charge in [-0.25, -0.2) is 9.97 Å². The maximum Gasteiger partial charge on any atom is 0.172 e. The third kappa shape index (κ3) is 5.03. The smallest absolute Gasteiger partial charge is 0.172 e. The number of aromatic nitrogens is 4. The lowest BCUT2D eigenvalue weighted by atomic mass is 9.98. The van der Waals surface area contributed by atoms with Gasteiger partial charge in [0.15, 0.2) is 17.3 Å². The van der Waals surface area contributed by atoms with E-state index in [4.69, 9.17) is 20.0 Å². The Balaban J connectivity index is 1.75. The zero-order chi connectivity index (χ0) is 24.5. The molecule has 1 atom stereocenters. The lowest BCUT2D eigenvalue weighted by molar-refractivity contribution is 0.107. The summed E-state index contributed by atoms with van der Waals surface area (Å²) >= 11 is 0. The normalized spacial score (nSPS) is 17.2. The standard InChI is InChI=1S/C25H34N6O3/c1-6-31-23-20(33-14-17-8-7-11-30(13-17)16(2)3)12-27-19(9-10-25(4,5)32)22(23)28-24(31)21-18(26)15-34-29-21/h12,15-17,32H,6-8,11,13-14,26H2,1-5H3. The molecule has 182 valence electrons. The molecule has 3 N–H and O–H groups in total. The maximum absolute atomic E-state index is 10.1. The van der Waals surface area contributed by atoms with E-state index in [1.807, 2.05) is 11.5 Å². The van der Waals surface area contributed by atoms with E-state index < -0.39 is 5.60 Å². The highest BCUT2D eigenvalue weighted by Crippen LogP contribution is 2.34. The zero-order valence-corrected chi connectivity index (χ0v) is 20.6. The van der Waals surface area contributed by atoms with Gasteiger partial charge in [0, 0.05) is 25.0 Å². The molecule has 0 radical (unpaired) electrons. The predicted octanol–water partition coefficient (Wildman–Crippen LogP) is 3.31. The van der Waals surface area contributed by atoms with Gasteiger partial charge < -0.3 is 29.6 Å². The highest BCUT2D eigenvalue weighted by atomic mass is 16.5. The highest BCUT2D eigenvalue weighted by Gasteiger charge is 2.25. The molecule has 0 saturated carbocycles. The van der Waals surface area contributed by atoms with E-state index in [0.717, 1.165) is 25.0 Å². The fourth-order valence-electron chi connectivity index (χ4n) is 4.34. The SMILES string of the molecule is CCn1c(-c2nocc2N)nc2c(C#CC(C)(C)O)ncc(OCC3CCCN(C(C)C)C3)c21. The van der Waals surface area contributed by atoms with Gasteiger partial charge in [-0.15, -0.1) is 0 Å². The van der Waals surface area contributed by atoms with Crippen LogP contribution in [-0.4, -0.2) is 61.0 Å². The minimum Gasteiger partial charge on any atom is -0.489 e. The molecule has 1 unspecified atom stereocenters. The van der Waals surface area contributed by atoms with Gasteiger partial charge in [0.2, 0.25) is 0 Å². The molecule has 1 saturated heterocycles. The van der Waals surface area contributed by atoms with Crippen molar-refractivity contribution in [2.24, 2.45) is 5.92 Å². The van der Waals surface area contributed by atoms with Crippen molar-refractivity contribution in [3.05, 3.63) is 18.2 Å². The average molecular weight is 467 g/mol. The van der Waals surface area contributed by atoms with Gasteiger partial charge in [-0.2, -0.15) is 0 Å². The molecule has 0 amide bonds. The second-order valence-corrected chi connectivity index (χ2v) is 9.68. The van der Waals surface area contributed by atoms with Crippen molar-refractivity contribution < 1.29 is 14.4 Å². The third-order valence-corrected chi connectivity index (χ3v) is 6.10. The molecular formula is C25H34N6O3. The summed E-state index contributed by atoms with van der Waals surface area (Å²) in [6, 6.07) is 0.529. The number of pyridine rings is 1. The van der Waals surface area contributed by atoms with Crippen LogP contribution in [-0.2, 0) is 6.54 Å². The Bertz CT molecular complexity index is 1210. The summed E-state index contributed by atoms with van der Waals surface area (Å²) in [6.45, 7) is 13.1. The number of fused-ring (bicyclic) bond motifs is 1.